The molecule has 0 unspecified atom stereocenters. The fraction of sp³-hybridized carbons (Fsp3) is 0. The van der Waals surface area contributed by atoms with Crippen LogP contribution in [-0.2, 0) is 30.0 Å². The van der Waals surface area contributed by atoms with Crippen molar-refractivity contribution in [1.82, 2.24) is 0 Å². The Bertz CT molecular complexity index is 15.5. The van der Waals surface area contributed by atoms with Crippen LogP contribution in [0, 0.1) is 0 Å². The van der Waals surface area contributed by atoms with Crippen molar-refractivity contribution in [3.63, 3.8) is 0 Å². The Morgan fingerprint density at radius 2 is 1.75 bits per heavy atom. The van der Waals surface area contributed by atoms with Crippen LogP contribution in [0.4, 0.5) is 0 Å². The van der Waals surface area contributed by atoms with Crippen molar-refractivity contribution in [2.75, 3.05) is 0 Å². The minimum atomic E-state index is -0.361. The van der Waals surface area contributed by atoms with Gasteiger partial charge in [0.1, 0.15) is 0 Å². The SMILES string of the molecule is [O]=[Al][SiH3].[Zr]. The van der Waals surface area contributed by atoms with E-state index in [0.717, 1.165) is 8.80 Å². The zero-order chi connectivity index (χ0) is 2.71. The predicted molar refractivity (Wildman–Crippen MR) is 16.4 cm³/mol. The molecule has 0 heterocycles. The second-order valence-electron chi connectivity index (χ2n) is 0.236. The van der Waals surface area contributed by atoms with Crippen molar-refractivity contribution in [3.05, 3.63) is 0 Å². The van der Waals surface area contributed by atoms with Crippen molar-refractivity contribution in [1.29, 1.82) is 0 Å². The van der Waals surface area contributed by atoms with E-state index in [1.807, 2.05) is 0 Å². The summed E-state index contributed by atoms with van der Waals surface area (Å²) in [5.41, 5.74) is 0. The largest absolute Gasteiger partial charge is 0 e. The van der Waals surface area contributed by atoms with Gasteiger partial charge in [0.2, 0.25) is 0 Å². The molecule has 0 radical (unpaired) electrons. The summed E-state index contributed by atoms with van der Waals surface area (Å²) in [6, 6.07) is 0. The average molecular weight is 165 g/mol. The standard InChI is InChI=1S/Al.O.H3Si.Zr/h;;1H3;. The monoisotopic (exact) mass is 164 g/mol. The van der Waals surface area contributed by atoms with Crippen molar-refractivity contribution >= 4 is 23.3 Å². The van der Waals surface area contributed by atoms with E-state index in [9.17, 15) is 0 Å². The van der Waals surface area contributed by atoms with Gasteiger partial charge < -0.3 is 0 Å². The Morgan fingerprint density at radius 3 is 1.75 bits per heavy atom. The van der Waals surface area contributed by atoms with Crippen LogP contribution in [0.3, 0.4) is 0 Å². The molecule has 0 saturated carbocycles. The van der Waals surface area contributed by atoms with E-state index in [1.54, 1.807) is 0 Å². The second-order valence-corrected chi connectivity index (χ2v) is 2.12. The first-order valence-electron chi connectivity index (χ1n) is 0.813. The van der Waals surface area contributed by atoms with Crippen LogP contribution in [0.2, 0.25) is 0 Å². The van der Waals surface area contributed by atoms with Gasteiger partial charge in [0.15, 0.2) is 0 Å². The van der Waals surface area contributed by atoms with Gasteiger partial charge in [-0.2, -0.15) is 0 Å². The molecular weight excluding hydrogens is 162 g/mol. The van der Waals surface area contributed by atoms with Crippen LogP contribution in [0.15, 0.2) is 0 Å². The summed E-state index contributed by atoms with van der Waals surface area (Å²) in [6.45, 7) is 0. The van der Waals surface area contributed by atoms with Crippen LogP contribution in [0.25, 0.3) is 0 Å². The van der Waals surface area contributed by atoms with E-state index >= 15 is 0 Å². The van der Waals surface area contributed by atoms with E-state index in [0.29, 0.717) is 0 Å². The third-order valence-electron chi connectivity index (χ3n) is 0. The first kappa shape index (κ1) is 9.06. The molecule has 0 fully saturated rings. The molecule has 0 saturated heterocycles. The molecule has 0 rings (SSSR count). The van der Waals surface area contributed by atoms with E-state index in [2.05, 4.69) is 0 Å². The van der Waals surface area contributed by atoms with Gasteiger partial charge in [-0.05, 0) is 0 Å². The zero-order valence-electron chi connectivity index (χ0n) is 2.49. The second kappa shape index (κ2) is 8.83. The summed E-state index contributed by atoms with van der Waals surface area (Å²) in [6.07, 6.45) is 0. The summed E-state index contributed by atoms with van der Waals surface area (Å²) in [7, 11) is 0.897. The van der Waals surface area contributed by atoms with Crippen molar-refractivity contribution in [3.8, 4) is 0 Å². The van der Waals surface area contributed by atoms with Crippen LogP contribution < -0.4 is 0 Å². The van der Waals surface area contributed by atoms with Gasteiger partial charge in [0.25, 0.3) is 0 Å². The molecule has 1 nitrogen and oxygen atoms in total. The van der Waals surface area contributed by atoms with Gasteiger partial charge in [0.05, 0.1) is 0 Å². The van der Waals surface area contributed by atoms with E-state index in [-0.39, 0.29) is 40.7 Å². The van der Waals surface area contributed by atoms with Crippen LogP contribution in [0.5, 0.6) is 0 Å². The van der Waals surface area contributed by atoms with Gasteiger partial charge in [-0.15, -0.1) is 0 Å². The molecule has 0 spiro atoms. The summed E-state index contributed by atoms with van der Waals surface area (Å²) in [5.74, 6) is 0. The molecule has 0 aliphatic carbocycles. The smallest absolute Gasteiger partial charge is 0 e. The number of rotatable bonds is 0. The molecule has 0 aromatic rings. The first-order valence-corrected chi connectivity index (χ1v) is 5.90. The normalized spacial score (nSPS) is 3.00. The van der Waals surface area contributed by atoms with Crippen LogP contribution >= 0.6 is 0 Å². The number of hydrogen-bond acceptors (Lipinski definition) is 1. The summed E-state index contributed by atoms with van der Waals surface area (Å²) < 4.78 is 9.08. The fourth-order valence-corrected chi connectivity index (χ4v) is 0. The number of hydrogen-bond donors (Lipinski definition) is 0. The van der Waals surface area contributed by atoms with Gasteiger partial charge in [-0.25, -0.2) is 0 Å². The molecule has 0 aliphatic heterocycles. The predicted octanol–water partition coefficient (Wildman–Crippen LogP) is -1.69. The van der Waals surface area contributed by atoms with Gasteiger partial charge in [0, 0.05) is 26.2 Å². The van der Waals surface area contributed by atoms with Crippen LogP contribution in [0.1, 0.15) is 0 Å². The average Bonchev–Trinajstić information content (AvgIpc) is 0.918. The van der Waals surface area contributed by atoms with Gasteiger partial charge >= 0.3 is 27.1 Å². The van der Waals surface area contributed by atoms with E-state index in [4.69, 9.17) is 3.80 Å². The maximum atomic E-state index is 9.08. The Balaban J connectivity index is 0. The van der Waals surface area contributed by atoms with Crippen molar-refractivity contribution in [2.24, 2.45) is 0 Å². The van der Waals surface area contributed by atoms with E-state index in [1.165, 1.54) is 0 Å². The van der Waals surface area contributed by atoms with E-state index < -0.39 is 0 Å². The molecule has 0 amide bonds. The molecular formula is H3AlOSiZr. The zero-order valence-corrected chi connectivity index (χ0v) is 8.10. The molecule has 4 heavy (non-hydrogen) atoms. The Morgan fingerprint density at radius 1 is 1.75 bits per heavy atom. The maximum absolute atomic E-state index is 9.08. The molecule has 0 aromatic heterocycles. The molecule has 0 atom stereocenters. The molecule has 0 bridgehead atoms. The minimum Gasteiger partial charge on any atom is 0 e. The van der Waals surface area contributed by atoms with Crippen molar-refractivity contribution < 1.29 is 30.0 Å². The molecule has 20 valence electrons. The summed E-state index contributed by atoms with van der Waals surface area (Å²) in [4.78, 5) is 0. The molecule has 0 aliphatic rings. The molecule has 4 heteroatoms. The minimum absolute atomic E-state index is 0. The van der Waals surface area contributed by atoms with Crippen LogP contribution in [-0.4, -0.2) is 23.3 Å². The first-order chi connectivity index (χ1) is 1.41. The fourth-order valence-electron chi connectivity index (χ4n) is 0. The Labute approximate surface area is 53.1 Å². The van der Waals surface area contributed by atoms with Gasteiger partial charge in [-0.3, -0.25) is 0 Å². The maximum Gasteiger partial charge on any atom is 0 e. The Hall–Kier alpha value is 1.43. The molecule has 0 aromatic carbocycles. The topological polar surface area (TPSA) is 17.1 Å². The van der Waals surface area contributed by atoms with Crippen molar-refractivity contribution in [2.45, 2.75) is 0 Å². The molecule has 0 N–H and O–H groups in total. The summed E-state index contributed by atoms with van der Waals surface area (Å²) >= 11 is -0.361. The third-order valence-corrected chi connectivity index (χ3v) is 0. The Kier molecular flexibility index (Phi) is 20.0. The quantitative estimate of drug-likeness (QED) is 0.392. The summed E-state index contributed by atoms with van der Waals surface area (Å²) in [5, 5.41) is 0. The van der Waals surface area contributed by atoms with Gasteiger partial charge in [-0.1, -0.05) is 0 Å². The third kappa shape index (κ3) is 9.90.